The molecular formula is C26H30N2O4S. The summed E-state index contributed by atoms with van der Waals surface area (Å²) in [4.78, 5) is 21.7. The summed E-state index contributed by atoms with van der Waals surface area (Å²) in [6.07, 6.45) is 7.41. The highest BCUT2D eigenvalue weighted by molar-refractivity contribution is 7.13. The van der Waals surface area contributed by atoms with Gasteiger partial charge in [-0.1, -0.05) is 48.5 Å². The van der Waals surface area contributed by atoms with Gasteiger partial charge in [0.15, 0.2) is 0 Å². The van der Waals surface area contributed by atoms with Crippen molar-refractivity contribution in [1.29, 1.82) is 0 Å². The number of nitrogens with zero attached hydrogens (tertiary/aromatic N) is 2. The zero-order valence-corrected chi connectivity index (χ0v) is 19.4. The Kier molecular flexibility index (Phi) is 9.59. The van der Waals surface area contributed by atoms with Crippen LogP contribution >= 0.6 is 11.5 Å². The highest BCUT2D eigenvalue weighted by Crippen LogP contribution is 2.27. The second-order valence-corrected chi connectivity index (χ2v) is 9.00. The van der Waals surface area contributed by atoms with E-state index < -0.39 is 11.9 Å². The van der Waals surface area contributed by atoms with Crippen molar-refractivity contribution in [3.63, 3.8) is 0 Å². The van der Waals surface area contributed by atoms with E-state index in [2.05, 4.69) is 63.9 Å². The van der Waals surface area contributed by atoms with Gasteiger partial charge in [0.05, 0.1) is 10.4 Å². The van der Waals surface area contributed by atoms with Crippen molar-refractivity contribution >= 4 is 33.6 Å². The molecule has 1 aromatic heterocycles. The first-order valence-electron chi connectivity index (χ1n) is 11.2. The Labute approximate surface area is 198 Å². The van der Waals surface area contributed by atoms with E-state index in [1.807, 2.05) is 0 Å². The summed E-state index contributed by atoms with van der Waals surface area (Å²) in [7, 11) is 0. The Morgan fingerprint density at radius 1 is 0.939 bits per heavy atom. The maximum Gasteiger partial charge on any atom is 0.328 e. The van der Waals surface area contributed by atoms with Crippen molar-refractivity contribution in [2.24, 2.45) is 5.92 Å². The van der Waals surface area contributed by atoms with E-state index in [-0.39, 0.29) is 0 Å². The van der Waals surface area contributed by atoms with Gasteiger partial charge in [-0.15, -0.1) is 0 Å². The molecule has 1 aliphatic heterocycles. The fraction of sp³-hybridized carbons (Fsp3) is 0.346. The van der Waals surface area contributed by atoms with Crippen LogP contribution in [0.15, 0.2) is 66.7 Å². The van der Waals surface area contributed by atoms with Gasteiger partial charge in [-0.2, -0.15) is 4.37 Å². The molecule has 0 unspecified atom stereocenters. The van der Waals surface area contributed by atoms with Crippen LogP contribution in [-0.2, 0) is 22.4 Å². The predicted molar refractivity (Wildman–Crippen MR) is 132 cm³/mol. The fourth-order valence-corrected chi connectivity index (χ4v) is 4.85. The molecule has 3 aromatic rings. The lowest BCUT2D eigenvalue weighted by atomic mass is 9.91. The van der Waals surface area contributed by atoms with Crippen molar-refractivity contribution in [2.45, 2.75) is 32.1 Å². The van der Waals surface area contributed by atoms with Crippen molar-refractivity contribution in [3.05, 3.63) is 78.0 Å². The highest BCUT2D eigenvalue weighted by atomic mass is 32.1. The van der Waals surface area contributed by atoms with Crippen molar-refractivity contribution in [2.75, 3.05) is 19.6 Å². The molecule has 0 saturated carbocycles. The van der Waals surface area contributed by atoms with Crippen LogP contribution in [0.5, 0.6) is 0 Å². The van der Waals surface area contributed by atoms with Gasteiger partial charge in [0.1, 0.15) is 0 Å². The average Bonchev–Trinajstić information content (AvgIpc) is 3.25. The Morgan fingerprint density at radius 2 is 1.58 bits per heavy atom. The molecule has 1 saturated heterocycles. The smallest absolute Gasteiger partial charge is 0.328 e. The second kappa shape index (κ2) is 12.9. The second-order valence-electron chi connectivity index (χ2n) is 8.19. The summed E-state index contributed by atoms with van der Waals surface area (Å²) < 4.78 is 6.02. The van der Waals surface area contributed by atoms with Crippen LogP contribution < -0.4 is 0 Å². The number of rotatable bonds is 8. The molecule has 1 fully saturated rings. The maximum absolute atomic E-state index is 9.55. The molecule has 4 rings (SSSR count). The standard InChI is InChI=1S/C22H26N2S.C4H4O4/c1-2-6-18(7-3-1)12-15-24-16-13-19(14-17-24)10-11-21-20-8-4-5-9-22(20)25-23-21;5-3(6)1-2-4(7)8/h1-9,19H,10-17H2;1-2H,(H,5,6)(H,7,8)/b;2-1-. The van der Waals surface area contributed by atoms with Gasteiger partial charge in [0.2, 0.25) is 0 Å². The van der Waals surface area contributed by atoms with Gasteiger partial charge in [0, 0.05) is 24.1 Å². The number of carboxylic acid groups (broad SMARTS) is 2. The Morgan fingerprint density at radius 3 is 2.24 bits per heavy atom. The molecule has 0 spiro atoms. The topological polar surface area (TPSA) is 90.7 Å². The Bertz CT molecular complexity index is 1040. The van der Waals surface area contributed by atoms with E-state index >= 15 is 0 Å². The lowest BCUT2D eigenvalue weighted by molar-refractivity contribution is -0.134. The summed E-state index contributed by atoms with van der Waals surface area (Å²) >= 11 is 1.65. The molecule has 33 heavy (non-hydrogen) atoms. The fourth-order valence-electron chi connectivity index (χ4n) is 4.03. The van der Waals surface area contributed by atoms with Gasteiger partial charge in [-0.3, -0.25) is 0 Å². The zero-order chi connectivity index (χ0) is 23.5. The molecule has 6 nitrogen and oxygen atoms in total. The summed E-state index contributed by atoms with van der Waals surface area (Å²) in [6.45, 7) is 3.72. The largest absolute Gasteiger partial charge is 0.478 e. The molecule has 2 N–H and O–H groups in total. The number of hydrogen-bond donors (Lipinski definition) is 2. The number of piperidine rings is 1. The lowest BCUT2D eigenvalue weighted by Gasteiger charge is -2.32. The third-order valence-corrected chi connectivity index (χ3v) is 6.74. The maximum atomic E-state index is 9.55. The SMILES string of the molecule is O=C(O)/C=C\C(=O)O.c1ccc(CCN2CCC(CCc3nsc4ccccc34)CC2)cc1. The van der Waals surface area contributed by atoms with Gasteiger partial charge in [-0.05, 0) is 74.3 Å². The van der Waals surface area contributed by atoms with Gasteiger partial charge in [0.25, 0.3) is 0 Å². The predicted octanol–water partition coefficient (Wildman–Crippen LogP) is 4.90. The van der Waals surface area contributed by atoms with Gasteiger partial charge in [-0.25, -0.2) is 9.59 Å². The molecule has 1 aliphatic rings. The van der Waals surface area contributed by atoms with Crippen molar-refractivity contribution in [1.82, 2.24) is 9.27 Å². The Hall–Kier alpha value is -3.03. The van der Waals surface area contributed by atoms with Crippen molar-refractivity contribution in [3.8, 4) is 0 Å². The molecule has 7 heteroatoms. The molecule has 2 aromatic carbocycles. The van der Waals surface area contributed by atoms with E-state index in [0.29, 0.717) is 12.2 Å². The zero-order valence-electron chi connectivity index (χ0n) is 18.6. The normalized spacial score (nSPS) is 14.8. The quantitative estimate of drug-likeness (QED) is 0.459. The number of benzene rings is 2. The highest BCUT2D eigenvalue weighted by Gasteiger charge is 2.19. The van der Waals surface area contributed by atoms with Crippen LogP contribution in [0.1, 0.15) is 30.5 Å². The molecule has 0 amide bonds. The number of fused-ring (bicyclic) bond motifs is 1. The van der Waals surface area contributed by atoms with Gasteiger partial charge < -0.3 is 15.1 Å². The van der Waals surface area contributed by atoms with Crippen LogP contribution in [-0.4, -0.2) is 51.1 Å². The Balaban J connectivity index is 0.000000331. The van der Waals surface area contributed by atoms with Crippen LogP contribution in [0.4, 0.5) is 0 Å². The number of aryl methyl sites for hydroxylation is 1. The van der Waals surface area contributed by atoms with Crippen LogP contribution in [0, 0.1) is 5.92 Å². The number of likely N-dealkylation sites (tertiary alicyclic amines) is 1. The van der Waals surface area contributed by atoms with E-state index in [0.717, 1.165) is 12.3 Å². The minimum atomic E-state index is -1.26. The van der Waals surface area contributed by atoms with Crippen LogP contribution in [0.3, 0.4) is 0 Å². The molecule has 0 atom stereocenters. The van der Waals surface area contributed by atoms with Crippen molar-refractivity contribution < 1.29 is 19.8 Å². The minimum absolute atomic E-state index is 0.558. The number of aromatic nitrogens is 1. The number of carboxylic acids is 2. The third-order valence-electron chi connectivity index (χ3n) is 5.88. The van der Waals surface area contributed by atoms with Crippen LogP contribution in [0.25, 0.3) is 10.1 Å². The van der Waals surface area contributed by atoms with E-state index in [9.17, 15) is 9.59 Å². The van der Waals surface area contributed by atoms with E-state index in [4.69, 9.17) is 10.2 Å². The molecule has 2 heterocycles. The van der Waals surface area contributed by atoms with E-state index in [1.165, 1.54) is 66.7 Å². The summed E-state index contributed by atoms with van der Waals surface area (Å²) in [6, 6.07) is 19.5. The van der Waals surface area contributed by atoms with Gasteiger partial charge >= 0.3 is 11.9 Å². The lowest BCUT2D eigenvalue weighted by Crippen LogP contribution is -2.35. The first-order valence-corrected chi connectivity index (χ1v) is 12.0. The third kappa shape index (κ3) is 8.44. The molecule has 0 radical (unpaired) electrons. The summed E-state index contributed by atoms with van der Waals surface area (Å²) in [5.74, 6) is -1.65. The average molecular weight is 467 g/mol. The molecule has 0 bridgehead atoms. The molecular weight excluding hydrogens is 436 g/mol. The summed E-state index contributed by atoms with van der Waals surface area (Å²) in [5, 5.41) is 17.0. The molecule has 174 valence electrons. The first kappa shape index (κ1) is 24.6. The monoisotopic (exact) mass is 466 g/mol. The number of aliphatic carboxylic acids is 2. The summed E-state index contributed by atoms with van der Waals surface area (Å²) in [5.41, 5.74) is 2.77. The number of carbonyl (C=O) groups is 2. The number of hydrogen-bond acceptors (Lipinski definition) is 5. The minimum Gasteiger partial charge on any atom is -0.478 e. The van der Waals surface area contributed by atoms with E-state index in [1.54, 1.807) is 11.5 Å². The van der Waals surface area contributed by atoms with Crippen LogP contribution in [0.2, 0.25) is 0 Å². The first-order chi connectivity index (χ1) is 16.0. The molecule has 0 aliphatic carbocycles.